The fraction of sp³-hybridized carbons (Fsp3) is 0.962. The van der Waals surface area contributed by atoms with Gasteiger partial charge in [-0.1, -0.05) is 104 Å². The van der Waals surface area contributed by atoms with Crippen molar-refractivity contribution in [3.05, 3.63) is 0 Å². The highest BCUT2D eigenvalue weighted by atomic mass is 32.3. The summed E-state index contributed by atoms with van der Waals surface area (Å²) in [6.07, 6.45) is 21.8. The van der Waals surface area contributed by atoms with Crippen LogP contribution < -0.4 is 5.32 Å². The first-order chi connectivity index (χ1) is 16.5. The van der Waals surface area contributed by atoms with Crippen molar-refractivity contribution in [2.45, 2.75) is 129 Å². The van der Waals surface area contributed by atoms with Crippen LogP contribution in [0.5, 0.6) is 0 Å². The molecule has 0 heterocycles. The standard InChI is InChI=1S/C25H52N2O2.CH4O4S/c1-5-7-8-9-10-11-12-13-14-15-16-17-18-19-20-21-25(29)26-24(6-2)27(3,4)22-23-28;1-5-6(2,3)4/h24,28H,5-23H2,1-4H3;1H3,(H,2,3,4). The SMILES string of the molecule is CCCCCCCCCCCCCCCCCC(=O)NC(CC)[N+](C)(C)CCO.COS(=O)(=O)[O-]. The van der Waals surface area contributed by atoms with Crippen molar-refractivity contribution in [1.29, 1.82) is 0 Å². The fourth-order valence-corrected chi connectivity index (χ4v) is 4.10. The summed E-state index contributed by atoms with van der Waals surface area (Å²) in [7, 11) is 0.531. The van der Waals surface area contributed by atoms with E-state index >= 15 is 0 Å². The van der Waals surface area contributed by atoms with Gasteiger partial charge in [-0.05, 0) is 6.42 Å². The summed E-state index contributed by atoms with van der Waals surface area (Å²) in [5.74, 6) is 0.163. The molecule has 0 fully saturated rings. The Morgan fingerprint density at radius 3 is 1.54 bits per heavy atom. The molecule has 0 aromatic rings. The molecule has 0 aliphatic carbocycles. The van der Waals surface area contributed by atoms with Gasteiger partial charge in [-0.25, -0.2) is 8.42 Å². The van der Waals surface area contributed by atoms with Gasteiger partial charge in [0.1, 0.15) is 6.54 Å². The van der Waals surface area contributed by atoms with E-state index in [2.05, 4.69) is 37.4 Å². The number of amides is 1. The largest absolute Gasteiger partial charge is 0.726 e. The summed E-state index contributed by atoms with van der Waals surface area (Å²) >= 11 is 0. The predicted molar refractivity (Wildman–Crippen MR) is 143 cm³/mol. The number of unbranched alkanes of at least 4 members (excludes halogenated alkanes) is 14. The number of rotatable bonds is 22. The van der Waals surface area contributed by atoms with Gasteiger partial charge in [-0.2, -0.15) is 0 Å². The number of hydrogen-bond acceptors (Lipinski definition) is 6. The molecule has 8 nitrogen and oxygen atoms in total. The van der Waals surface area contributed by atoms with E-state index < -0.39 is 10.4 Å². The maximum absolute atomic E-state index is 12.2. The van der Waals surface area contributed by atoms with Gasteiger partial charge in [0.2, 0.25) is 16.3 Å². The van der Waals surface area contributed by atoms with E-state index in [-0.39, 0.29) is 18.7 Å². The van der Waals surface area contributed by atoms with E-state index in [1.165, 1.54) is 83.5 Å². The number of nitrogens with zero attached hydrogens (tertiary/aromatic N) is 1. The number of nitrogens with one attached hydrogen (secondary N) is 1. The van der Waals surface area contributed by atoms with Crippen molar-refractivity contribution in [1.82, 2.24) is 5.32 Å². The molecule has 0 bridgehead atoms. The molecular formula is C26H56N2O6S. The lowest BCUT2D eigenvalue weighted by Gasteiger charge is -2.37. The van der Waals surface area contributed by atoms with Crippen LogP contribution >= 0.6 is 0 Å². The van der Waals surface area contributed by atoms with Gasteiger partial charge in [0.25, 0.3) is 0 Å². The van der Waals surface area contributed by atoms with Gasteiger partial charge in [0.15, 0.2) is 6.17 Å². The summed E-state index contributed by atoms with van der Waals surface area (Å²) in [5, 5.41) is 12.4. The third-order valence-electron chi connectivity index (χ3n) is 6.45. The Morgan fingerprint density at radius 2 is 1.23 bits per heavy atom. The molecule has 0 saturated carbocycles. The number of carbonyl (C=O) groups excluding carboxylic acids is 1. The molecule has 1 amide bonds. The molecule has 0 rings (SSSR count). The van der Waals surface area contributed by atoms with E-state index in [0.29, 0.717) is 17.4 Å². The lowest BCUT2D eigenvalue weighted by Crippen LogP contribution is -2.58. The van der Waals surface area contributed by atoms with Crippen LogP contribution in [0.3, 0.4) is 0 Å². The van der Waals surface area contributed by atoms with Gasteiger partial charge in [0, 0.05) is 12.8 Å². The average Bonchev–Trinajstić information content (AvgIpc) is 2.79. The number of likely N-dealkylation sites (N-methyl/N-ethyl adjacent to an activating group) is 1. The molecule has 0 aliphatic heterocycles. The van der Waals surface area contributed by atoms with Crippen molar-refractivity contribution < 1.29 is 31.5 Å². The average molecular weight is 525 g/mol. The van der Waals surface area contributed by atoms with Crippen LogP contribution in [0.25, 0.3) is 0 Å². The monoisotopic (exact) mass is 524 g/mol. The van der Waals surface area contributed by atoms with E-state index in [9.17, 15) is 22.9 Å². The lowest BCUT2D eigenvalue weighted by molar-refractivity contribution is -0.917. The van der Waals surface area contributed by atoms with Crippen molar-refractivity contribution in [3.8, 4) is 0 Å². The van der Waals surface area contributed by atoms with Crippen LogP contribution in [0.2, 0.25) is 0 Å². The zero-order chi connectivity index (χ0) is 27.0. The lowest BCUT2D eigenvalue weighted by atomic mass is 10.0. The maximum atomic E-state index is 12.2. The van der Waals surface area contributed by atoms with Crippen molar-refractivity contribution in [3.63, 3.8) is 0 Å². The number of quaternary nitrogens is 1. The highest BCUT2D eigenvalue weighted by Gasteiger charge is 2.27. The van der Waals surface area contributed by atoms with Gasteiger partial charge in [0.05, 0.1) is 27.8 Å². The Labute approximate surface area is 216 Å². The minimum absolute atomic E-state index is 0.0889. The molecule has 1 unspecified atom stereocenters. The second-order valence-electron chi connectivity index (χ2n) is 9.99. The second-order valence-corrected chi connectivity index (χ2v) is 11.1. The van der Waals surface area contributed by atoms with Crippen molar-refractivity contribution >= 4 is 16.3 Å². The predicted octanol–water partition coefficient (Wildman–Crippen LogP) is 5.26. The van der Waals surface area contributed by atoms with Crippen LogP contribution in [0.15, 0.2) is 0 Å². The molecule has 9 heteroatoms. The molecule has 0 spiro atoms. The molecule has 1 atom stereocenters. The number of hydrogen-bond donors (Lipinski definition) is 2. The van der Waals surface area contributed by atoms with Crippen LogP contribution in [0.1, 0.15) is 123 Å². The van der Waals surface area contributed by atoms with Crippen molar-refractivity contribution in [2.75, 3.05) is 34.4 Å². The Kier molecular flexibility index (Phi) is 24.6. The zero-order valence-electron chi connectivity index (χ0n) is 23.4. The first-order valence-corrected chi connectivity index (χ1v) is 15.1. The number of carbonyl (C=O) groups is 1. The van der Waals surface area contributed by atoms with Gasteiger partial charge in [-0.3, -0.25) is 8.98 Å². The fourth-order valence-electron chi connectivity index (χ4n) is 4.10. The highest BCUT2D eigenvalue weighted by Crippen LogP contribution is 2.14. The van der Waals surface area contributed by atoms with Gasteiger partial charge < -0.3 is 19.5 Å². The van der Waals surface area contributed by atoms with Crippen LogP contribution in [-0.2, 0) is 19.4 Å². The molecule has 212 valence electrons. The minimum atomic E-state index is -4.41. The van der Waals surface area contributed by atoms with Crippen molar-refractivity contribution in [2.24, 2.45) is 0 Å². The summed E-state index contributed by atoms with van der Waals surface area (Å²) in [6, 6.07) is 0. The summed E-state index contributed by atoms with van der Waals surface area (Å²) < 4.78 is 31.7. The van der Waals surface area contributed by atoms with E-state index in [0.717, 1.165) is 26.4 Å². The second kappa shape index (κ2) is 23.6. The Hall–Kier alpha value is -0.740. The highest BCUT2D eigenvalue weighted by molar-refractivity contribution is 7.80. The van der Waals surface area contributed by atoms with E-state index in [4.69, 9.17) is 0 Å². The molecule has 2 N–H and O–H groups in total. The molecule has 0 aromatic carbocycles. The third kappa shape index (κ3) is 26.1. The number of aliphatic hydroxyl groups is 1. The molecular weight excluding hydrogens is 468 g/mol. The maximum Gasteiger partial charge on any atom is 0.224 e. The Balaban J connectivity index is 0. The molecule has 0 saturated heterocycles. The molecule has 35 heavy (non-hydrogen) atoms. The van der Waals surface area contributed by atoms with E-state index in [1.54, 1.807) is 0 Å². The van der Waals surface area contributed by atoms with Crippen LogP contribution in [-0.4, -0.2) is 69.0 Å². The first kappa shape index (κ1) is 36.4. The van der Waals surface area contributed by atoms with Crippen LogP contribution in [0.4, 0.5) is 0 Å². The molecule has 0 aliphatic rings. The Bertz CT molecular complexity index is 584. The topological polar surface area (TPSA) is 116 Å². The normalized spacial score (nSPS) is 12.7. The quantitative estimate of drug-likeness (QED) is 0.0656. The molecule has 0 radical (unpaired) electrons. The van der Waals surface area contributed by atoms with Crippen LogP contribution in [0, 0.1) is 0 Å². The third-order valence-corrected chi connectivity index (χ3v) is 6.85. The van der Waals surface area contributed by atoms with Gasteiger partial charge in [-0.15, -0.1) is 0 Å². The smallest absolute Gasteiger partial charge is 0.224 e. The minimum Gasteiger partial charge on any atom is -0.726 e. The van der Waals surface area contributed by atoms with Gasteiger partial charge >= 0.3 is 0 Å². The summed E-state index contributed by atoms with van der Waals surface area (Å²) in [4.78, 5) is 12.2. The molecule has 0 aromatic heterocycles. The Morgan fingerprint density at radius 1 is 0.857 bits per heavy atom. The summed E-state index contributed by atoms with van der Waals surface area (Å²) in [6.45, 7) is 5.19. The zero-order valence-corrected chi connectivity index (χ0v) is 24.2. The van der Waals surface area contributed by atoms with E-state index in [1.807, 2.05) is 0 Å². The summed E-state index contributed by atoms with van der Waals surface area (Å²) in [5.41, 5.74) is 0. The number of aliphatic hydroxyl groups excluding tert-OH is 1. The first-order valence-electron chi connectivity index (χ1n) is 13.8.